The van der Waals surface area contributed by atoms with Gasteiger partial charge in [-0.1, -0.05) is 6.58 Å². The fourth-order valence-electron chi connectivity index (χ4n) is 2.20. The molecule has 0 aliphatic heterocycles. The Labute approximate surface area is 129 Å². The van der Waals surface area contributed by atoms with Gasteiger partial charge in [-0.25, -0.2) is 9.59 Å². The first-order chi connectivity index (χ1) is 10.4. The van der Waals surface area contributed by atoms with E-state index in [0.29, 0.717) is 0 Å². The molecule has 22 heavy (non-hydrogen) atoms. The monoisotopic (exact) mass is 318 g/mol. The van der Waals surface area contributed by atoms with Crippen molar-refractivity contribution in [1.82, 2.24) is 0 Å². The summed E-state index contributed by atoms with van der Waals surface area (Å²) in [5.41, 5.74) is -0.803. The van der Waals surface area contributed by atoms with Crippen molar-refractivity contribution in [3.05, 3.63) is 12.8 Å². The summed E-state index contributed by atoms with van der Waals surface area (Å²) in [6.07, 6.45) is -1.44. The lowest BCUT2D eigenvalue weighted by Gasteiger charge is -2.20. The number of carbonyl (C=O) groups is 2. The molecule has 0 spiro atoms. The molecule has 8 nitrogen and oxygen atoms in total. The molecule has 0 aromatic heterocycles. The molecule has 0 bridgehead atoms. The van der Waals surface area contributed by atoms with Gasteiger partial charge in [-0.2, -0.15) is 4.89 Å². The van der Waals surface area contributed by atoms with Gasteiger partial charge in [0.05, 0.1) is 13.2 Å². The third-order valence-corrected chi connectivity index (χ3v) is 3.02. The smallest absolute Gasteiger partial charge is 0.435 e. The average molecular weight is 318 g/mol. The van der Waals surface area contributed by atoms with Crippen molar-refractivity contribution < 1.29 is 38.3 Å². The van der Waals surface area contributed by atoms with Gasteiger partial charge in [0.15, 0.2) is 0 Å². The third kappa shape index (κ3) is 5.44. The summed E-state index contributed by atoms with van der Waals surface area (Å²) < 4.78 is 19.8. The minimum absolute atomic E-state index is 0.183. The molecule has 0 aromatic rings. The molecule has 1 aliphatic carbocycles. The van der Waals surface area contributed by atoms with E-state index in [9.17, 15) is 9.59 Å². The molecule has 0 heterocycles. The van der Waals surface area contributed by atoms with Crippen LogP contribution in [0.3, 0.4) is 0 Å². The summed E-state index contributed by atoms with van der Waals surface area (Å²) in [6, 6.07) is 0. The summed E-state index contributed by atoms with van der Waals surface area (Å²) in [5.74, 6) is 0. The lowest BCUT2D eigenvalue weighted by Crippen LogP contribution is -2.31. The zero-order chi connectivity index (χ0) is 16.6. The predicted octanol–water partition coefficient (Wildman–Crippen LogP) is 2.71. The first kappa shape index (κ1) is 18.1. The first-order valence-electron chi connectivity index (χ1n) is 7.06. The van der Waals surface area contributed by atoms with Crippen LogP contribution in [-0.4, -0.2) is 43.3 Å². The maximum Gasteiger partial charge on any atom is 0.508 e. The second kappa shape index (κ2) is 8.47. The van der Waals surface area contributed by atoms with Crippen LogP contribution < -0.4 is 0 Å². The fraction of sp³-hybridized carbons (Fsp3) is 0.714. The number of ether oxygens (including phenoxy) is 4. The van der Waals surface area contributed by atoms with Crippen LogP contribution in [0.1, 0.15) is 33.6 Å². The summed E-state index contributed by atoms with van der Waals surface area (Å²) in [4.78, 5) is 32.9. The highest BCUT2D eigenvalue weighted by Gasteiger charge is 2.49. The van der Waals surface area contributed by atoms with Crippen LogP contribution in [0, 0.1) is 0 Å². The zero-order valence-electron chi connectivity index (χ0n) is 13.0. The van der Waals surface area contributed by atoms with E-state index in [4.69, 9.17) is 28.7 Å². The first-order valence-corrected chi connectivity index (χ1v) is 7.06. The quantitative estimate of drug-likeness (QED) is 0.306. The molecule has 1 aliphatic rings. The predicted molar refractivity (Wildman–Crippen MR) is 73.8 cm³/mol. The van der Waals surface area contributed by atoms with Gasteiger partial charge in [0.25, 0.3) is 0 Å². The number of hydrogen-bond donors (Lipinski definition) is 0. The van der Waals surface area contributed by atoms with Crippen molar-refractivity contribution in [1.29, 1.82) is 0 Å². The summed E-state index contributed by atoms with van der Waals surface area (Å²) in [5, 5.41) is 0. The molecule has 2 atom stereocenters. The standard InChI is InChI=1S/C14H22O8/c1-5-17-12(15)20-10-8-14(4,22-19-7-3)9-11(10)21-13(16)18-6-2/h7,10-11H,3,5-6,8-9H2,1-2,4H3/t10-,11-/m0/s1. The Morgan fingerprint density at radius 1 is 1.09 bits per heavy atom. The molecular formula is C14H22O8. The van der Waals surface area contributed by atoms with E-state index in [0.717, 1.165) is 6.26 Å². The van der Waals surface area contributed by atoms with E-state index in [1.165, 1.54) is 0 Å². The van der Waals surface area contributed by atoms with Gasteiger partial charge < -0.3 is 23.8 Å². The van der Waals surface area contributed by atoms with Gasteiger partial charge >= 0.3 is 12.3 Å². The van der Waals surface area contributed by atoms with Gasteiger partial charge in [-0.05, 0) is 20.8 Å². The molecule has 0 aromatic carbocycles. The fourth-order valence-corrected chi connectivity index (χ4v) is 2.20. The summed E-state index contributed by atoms with van der Waals surface area (Å²) in [7, 11) is 0. The summed E-state index contributed by atoms with van der Waals surface area (Å²) in [6.45, 7) is 8.81. The van der Waals surface area contributed by atoms with Crippen LogP contribution in [0.2, 0.25) is 0 Å². The number of rotatable bonds is 7. The molecule has 126 valence electrons. The van der Waals surface area contributed by atoms with Crippen molar-refractivity contribution in [3.63, 3.8) is 0 Å². The Morgan fingerprint density at radius 3 is 1.91 bits per heavy atom. The topological polar surface area (TPSA) is 89.5 Å². The van der Waals surface area contributed by atoms with Gasteiger partial charge in [-0.3, -0.25) is 0 Å². The van der Waals surface area contributed by atoms with Crippen LogP contribution in [0.5, 0.6) is 0 Å². The maximum atomic E-state index is 11.5. The molecule has 1 saturated carbocycles. The summed E-state index contributed by atoms with van der Waals surface area (Å²) >= 11 is 0. The van der Waals surface area contributed by atoms with E-state index in [2.05, 4.69) is 6.58 Å². The molecule has 8 heteroatoms. The van der Waals surface area contributed by atoms with Crippen LogP contribution in [0.4, 0.5) is 9.59 Å². The van der Waals surface area contributed by atoms with Crippen molar-refractivity contribution in [3.8, 4) is 0 Å². The lowest BCUT2D eigenvalue weighted by molar-refractivity contribution is -0.320. The van der Waals surface area contributed by atoms with E-state index in [-0.39, 0.29) is 26.1 Å². The average Bonchev–Trinajstić information content (AvgIpc) is 2.73. The Balaban J connectivity index is 2.71. The van der Waals surface area contributed by atoms with Crippen LogP contribution in [0.15, 0.2) is 12.8 Å². The highest BCUT2D eigenvalue weighted by Crippen LogP contribution is 2.37. The Morgan fingerprint density at radius 2 is 1.55 bits per heavy atom. The second-order valence-electron chi connectivity index (χ2n) is 4.88. The van der Waals surface area contributed by atoms with Crippen molar-refractivity contribution in [2.75, 3.05) is 13.2 Å². The molecule has 1 fully saturated rings. The number of hydrogen-bond acceptors (Lipinski definition) is 8. The maximum absolute atomic E-state index is 11.5. The highest BCUT2D eigenvalue weighted by molar-refractivity contribution is 5.61. The SMILES string of the molecule is C=COOC1(C)C[C@H](OC(=O)OCC)[C@@H](OC(=O)OCC)C1. The Hall–Kier alpha value is -1.96. The zero-order valence-corrected chi connectivity index (χ0v) is 13.0. The molecule has 0 amide bonds. The van der Waals surface area contributed by atoms with Crippen LogP contribution in [0.25, 0.3) is 0 Å². The van der Waals surface area contributed by atoms with E-state index in [1.54, 1.807) is 20.8 Å². The normalized spacial score (nSPS) is 22.5. The molecule has 0 saturated heterocycles. The van der Waals surface area contributed by atoms with E-state index < -0.39 is 30.1 Å². The Bertz CT molecular complexity index is 366. The lowest BCUT2D eigenvalue weighted by atomic mass is 10.1. The highest BCUT2D eigenvalue weighted by atomic mass is 17.2. The van der Waals surface area contributed by atoms with Gasteiger partial charge in [-0.15, -0.1) is 0 Å². The van der Waals surface area contributed by atoms with Crippen LogP contribution >= 0.6 is 0 Å². The van der Waals surface area contributed by atoms with E-state index in [1.807, 2.05) is 0 Å². The minimum Gasteiger partial charge on any atom is -0.435 e. The molecule has 1 rings (SSSR count). The van der Waals surface area contributed by atoms with Gasteiger partial charge in [0.1, 0.15) is 24.1 Å². The van der Waals surface area contributed by atoms with Crippen molar-refractivity contribution in [2.45, 2.75) is 51.4 Å². The number of carbonyl (C=O) groups excluding carboxylic acids is 2. The minimum atomic E-state index is -0.834. The molecular weight excluding hydrogens is 296 g/mol. The van der Waals surface area contributed by atoms with Crippen molar-refractivity contribution in [2.24, 2.45) is 0 Å². The largest absolute Gasteiger partial charge is 0.508 e. The van der Waals surface area contributed by atoms with Crippen molar-refractivity contribution >= 4 is 12.3 Å². The van der Waals surface area contributed by atoms with E-state index >= 15 is 0 Å². The Kier molecular flexibility index (Phi) is 6.97. The van der Waals surface area contributed by atoms with Gasteiger partial charge in [0.2, 0.25) is 0 Å². The molecule has 0 radical (unpaired) electrons. The molecule has 0 N–H and O–H groups in total. The molecule has 0 unspecified atom stereocenters. The van der Waals surface area contributed by atoms with Gasteiger partial charge in [0, 0.05) is 12.8 Å². The van der Waals surface area contributed by atoms with Crippen LogP contribution in [-0.2, 0) is 28.7 Å². The third-order valence-electron chi connectivity index (χ3n) is 3.02. The second-order valence-corrected chi connectivity index (χ2v) is 4.88.